The highest BCUT2D eigenvalue weighted by atomic mass is 14.9. The molecule has 0 radical (unpaired) electrons. The van der Waals surface area contributed by atoms with Gasteiger partial charge in [-0.2, -0.15) is 0 Å². The highest BCUT2D eigenvalue weighted by molar-refractivity contribution is 4.80. The summed E-state index contributed by atoms with van der Waals surface area (Å²) in [5, 5.41) is 3.86. The van der Waals surface area contributed by atoms with Crippen molar-refractivity contribution in [2.75, 3.05) is 0 Å². The van der Waals surface area contributed by atoms with Crippen LogP contribution in [-0.2, 0) is 0 Å². The molecule has 3 unspecified atom stereocenters. The number of nitrogens with one attached hydrogen (secondary N) is 1. The van der Waals surface area contributed by atoms with E-state index in [9.17, 15) is 0 Å². The van der Waals surface area contributed by atoms with E-state index in [1.54, 1.807) is 0 Å². The van der Waals surface area contributed by atoms with Crippen LogP contribution in [0.4, 0.5) is 0 Å². The summed E-state index contributed by atoms with van der Waals surface area (Å²) in [6.07, 6.45) is 9.72. The number of hydrogen-bond donors (Lipinski definition) is 1. The first-order valence-electron chi connectivity index (χ1n) is 7.66. The van der Waals surface area contributed by atoms with Crippen molar-refractivity contribution in [3.8, 4) is 0 Å². The van der Waals surface area contributed by atoms with E-state index >= 15 is 0 Å². The molecule has 1 aliphatic rings. The van der Waals surface area contributed by atoms with Crippen molar-refractivity contribution in [1.29, 1.82) is 0 Å². The Bertz CT molecular complexity index is 204. The summed E-state index contributed by atoms with van der Waals surface area (Å²) < 4.78 is 0. The lowest BCUT2D eigenvalue weighted by atomic mass is 9.83. The molecular weight excluding hydrogens is 206 g/mol. The second-order valence-corrected chi connectivity index (χ2v) is 7.30. The zero-order valence-corrected chi connectivity index (χ0v) is 12.7. The molecule has 0 aromatic heterocycles. The average molecular weight is 239 g/mol. The minimum absolute atomic E-state index is 0.481. The lowest BCUT2D eigenvalue weighted by molar-refractivity contribution is 0.251. The molecule has 1 nitrogen and oxygen atoms in total. The van der Waals surface area contributed by atoms with Crippen molar-refractivity contribution in [1.82, 2.24) is 5.32 Å². The highest BCUT2D eigenvalue weighted by Gasteiger charge is 2.22. The van der Waals surface area contributed by atoms with E-state index in [0.29, 0.717) is 11.5 Å². The van der Waals surface area contributed by atoms with Crippen molar-refractivity contribution < 1.29 is 0 Å². The molecule has 0 aliphatic heterocycles. The second kappa shape index (κ2) is 6.78. The van der Waals surface area contributed by atoms with Gasteiger partial charge >= 0.3 is 0 Å². The van der Waals surface area contributed by atoms with Crippen LogP contribution in [0, 0.1) is 11.3 Å². The van der Waals surface area contributed by atoms with Gasteiger partial charge in [0.2, 0.25) is 0 Å². The molecule has 1 N–H and O–H groups in total. The molecule has 0 aromatic carbocycles. The van der Waals surface area contributed by atoms with Gasteiger partial charge in [0.1, 0.15) is 0 Å². The van der Waals surface area contributed by atoms with Crippen molar-refractivity contribution in [2.45, 2.75) is 91.6 Å². The minimum atomic E-state index is 0.481. The van der Waals surface area contributed by atoms with E-state index in [1.807, 2.05) is 0 Å². The van der Waals surface area contributed by atoms with Crippen molar-refractivity contribution in [2.24, 2.45) is 11.3 Å². The summed E-state index contributed by atoms with van der Waals surface area (Å²) in [6.45, 7) is 11.7. The van der Waals surface area contributed by atoms with E-state index in [4.69, 9.17) is 0 Å². The largest absolute Gasteiger partial charge is 0.311 e. The highest BCUT2D eigenvalue weighted by Crippen LogP contribution is 2.27. The average Bonchev–Trinajstić information content (AvgIpc) is 2.26. The Balaban J connectivity index is 2.23. The molecule has 0 heterocycles. The first kappa shape index (κ1) is 15.0. The molecule has 0 saturated heterocycles. The van der Waals surface area contributed by atoms with Crippen LogP contribution in [0.5, 0.6) is 0 Å². The van der Waals surface area contributed by atoms with Crippen LogP contribution in [-0.4, -0.2) is 12.1 Å². The molecule has 0 spiro atoms. The van der Waals surface area contributed by atoms with Gasteiger partial charge in [-0.3, -0.25) is 0 Å². The smallest absolute Gasteiger partial charge is 0.00721 e. The summed E-state index contributed by atoms with van der Waals surface area (Å²) in [7, 11) is 0. The van der Waals surface area contributed by atoms with E-state index in [0.717, 1.165) is 12.0 Å². The predicted octanol–water partition coefficient (Wildman–Crippen LogP) is 4.76. The van der Waals surface area contributed by atoms with Gasteiger partial charge in [-0.15, -0.1) is 0 Å². The molecule has 0 amide bonds. The van der Waals surface area contributed by atoms with Crippen molar-refractivity contribution in [3.05, 3.63) is 0 Å². The Labute approximate surface area is 109 Å². The molecule has 3 atom stereocenters. The maximum atomic E-state index is 3.86. The molecule has 1 saturated carbocycles. The van der Waals surface area contributed by atoms with Gasteiger partial charge < -0.3 is 5.32 Å². The molecule has 17 heavy (non-hydrogen) atoms. The van der Waals surface area contributed by atoms with Crippen LogP contribution in [0.3, 0.4) is 0 Å². The zero-order valence-electron chi connectivity index (χ0n) is 12.7. The maximum Gasteiger partial charge on any atom is 0.00721 e. The first-order valence-corrected chi connectivity index (χ1v) is 7.66. The fraction of sp³-hybridized carbons (Fsp3) is 1.00. The number of rotatable bonds is 5. The summed E-state index contributed by atoms with van der Waals surface area (Å²) >= 11 is 0. The van der Waals surface area contributed by atoms with Crippen LogP contribution < -0.4 is 5.32 Å². The molecule has 102 valence electrons. The molecule has 0 bridgehead atoms. The molecular formula is C16H33N. The van der Waals surface area contributed by atoms with Crippen molar-refractivity contribution in [3.63, 3.8) is 0 Å². The summed E-state index contributed by atoms with van der Waals surface area (Å²) in [6, 6.07) is 1.48. The fourth-order valence-corrected chi connectivity index (χ4v) is 2.95. The first-order chi connectivity index (χ1) is 7.90. The third kappa shape index (κ3) is 6.45. The second-order valence-electron chi connectivity index (χ2n) is 7.30. The van der Waals surface area contributed by atoms with Gasteiger partial charge in [-0.1, -0.05) is 47.0 Å². The Morgan fingerprint density at radius 3 is 2.53 bits per heavy atom. The van der Waals surface area contributed by atoms with E-state index < -0.39 is 0 Å². The predicted molar refractivity (Wildman–Crippen MR) is 77.3 cm³/mol. The standard InChI is InChI=1S/C16H33N/c1-6-14-8-7-9-15(12-14)17-13(2)10-11-16(3,4)5/h13-15,17H,6-12H2,1-5H3. The molecule has 0 aromatic rings. The van der Waals surface area contributed by atoms with Crippen LogP contribution in [0.1, 0.15) is 79.6 Å². The maximum absolute atomic E-state index is 3.86. The van der Waals surface area contributed by atoms with Gasteiger partial charge in [0.15, 0.2) is 0 Å². The van der Waals surface area contributed by atoms with E-state index in [-0.39, 0.29) is 0 Å². The zero-order chi connectivity index (χ0) is 12.9. The van der Waals surface area contributed by atoms with Gasteiger partial charge in [0, 0.05) is 12.1 Å². The third-order valence-electron chi connectivity index (χ3n) is 4.21. The third-order valence-corrected chi connectivity index (χ3v) is 4.21. The van der Waals surface area contributed by atoms with Gasteiger partial charge in [-0.25, -0.2) is 0 Å². The summed E-state index contributed by atoms with van der Waals surface area (Å²) in [5.41, 5.74) is 0.481. The Morgan fingerprint density at radius 2 is 1.94 bits per heavy atom. The number of hydrogen-bond acceptors (Lipinski definition) is 1. The molecule has 1 aliphatic carbocycles. The normalized spacial score (nSPS) is 28.1. The summed E-state index contributed by atoms with van der Waals surface area (Å²) in [4.78, 5) is 0. The van der Waals surface area contributed by atoms with E-state index in [2.05, 4.69) is 39.9 Å². The molecule has 1 fully saturated rings. The topological polar surface area (TPSA) is 12.0 Å². The molecule has 1 heteroatoms. The minimum Gasteiger partial charge on any atom is -0.311 e. The van der Waals surface area contributed by atoms with Crippen molar-refractivity contribution >= 4 is 0 Å². The van der Waals surface area contributed by atoms with Crippen LogP contribution in [0.2, 0.25) is 0 Å². The van der Waals surface area contributed by atoms with E-state index in [1.165, 1.54) is 44.9 Å². The van der Waals surface area contributed by atoms with Gasteiger partial charge in [0.05, 0.1) is 0 Å². The van der Waals surface area contributed by atoms with Gasteiger partial charge in [0.25, 0.3) is 0 Å². The Morgan fingerprint density at radius 1 is 1.24 bits per heavy atom. The Kier molecular flexibility index (Phi) is 5.99. The summed E-state index contributed by atoms with van der Waals surface area (Å²) in [5.74, 6) is 0.982. The molecule has 1 rings (SSSR count). The lowest BCUT2D eigenvalue weighted by Gasteiger charge is -2.32. The lowest BCUT2D eigenvalue weighted by Crippen LogP contribution is -2.40. The SMILES string of the molecule is CCC1CCCC(NC(C)CCC(C)(C)C)C1. The quantitative estimate of drug-likeness (QED) is 0.729. The monoisotopic (exact) mass is 239 g/mol. The van der Waals surface area contributed by atoms with Crippen LogP contribution >= 0.6 is 0 Å². The Hall–Kier alpha value is -0.0400. The van der Waals surface area contributed by atoms with Gasteiger partial charge in [-0.05, 0) is 43.9 Å². The van der Waals surface area contributed by atoms with Crippen LogP contribution in [0.25, 0.3) is 0 Å². The fourth-order valence-electron chi connectivity index (χ4n) is 2.95. The van der Waals surface area contributed by atoms with Crippen LogP contribution in [0.15, 0.2) is 0 Å².